The Morgan fingerprint density at radius 3 is 2.75 bits per heavy atom. The first-order valence-electron chi connectivity index (χ1n) is 8.01. The Hall–Kier alpha value is -2.08. The van der Waals surface area contributed by atoms with E-state index in [1.54, 1.807) is 11.7 Å². The van der Waals surface area contributed by atoms with Gasteiger partial charge in [0.05, 0.1) is 13.2 Å². The van der Waals surface area contributed by atoms with Crippen molar-refractivity contribution in [2.24, 2.45) is 0 Å². The zero-order valence-electron chi connectivity index (χ0n) is 14.6. The molecule has 1 N–H and O–H groups in total. The largest absolute Gasteiger partial charge is 0.496 e. The minimum Gasteiger partial charge on any atom is -0.496 e. The first-order valence-corrected chi connectivity index (χ1v) is 8.89. The summed E-state index contributed by atoms with van der Waals surface area (Å²) in [6, 6.07) is 5.80. The summed E-state index contributed by atoms with van der Waals surface area (Å²) in [5.41, 5.74) is 3.04. The highest BCUT2D eigenvalue weighted by Crippen LogP contribution is 2.26. The number of ether oxygens (including phenoxy) is 1. The Morgan fingerprint density at radius 2 is 2.12 bits per heavy atom. The first kappa shape index (κ1) is 18.3. The maximum absolute atomic E-state index is 12.2. The number of methoxy groups -OCH3 is 1. The van der Waals surface area contributed by atoms with Gasteiger partial charge in [-0.2, -0.15) is 0 Å². The van der Waals surface area contributed by atoms with Gasteiger partial charge in [0.2, 0.25) is 5.91 Å². The lowest BCUT2D eigenvalue weighted by atomic mass is 10.0. The molecule has 0 aliphatic heterocycles. The zero-order chi connectivity index (χ0) is 17.7. The Bertz CT molecular complexity index is 764. The Morgan fingerprint density at radius 1 is 1.38 bits per heavy atom. The van der Waals surface area contributed by atoms with Crippen molar-refractivity contribution < 1.29 is 9.53 Å². The van der Waals surface area contributed by atoms with Gasteiger partial charge >= 0.3 is 4.87 Å². The SMILES string of the molecule is COc1ccc(C)cc1[C@@H](C)NC(=O)CCCn1c(C)csc1=O. The lowest BCUT2D eigenvalue weighted by Gasteiger charge is -2.18. The summed E-state index contributed by atoms with van der Waals surface area (Å²) in [5, 5.41) is 4.85. The van der Waals surface area contributed by atoms with Crippen LogP contribution in [0.1, 0.15) is 42.6 Å². The van der Waals surface area contributed by atoms with Crippen molar-refractivity contribution in [3.8, 4) is 5.75 Å². The highest BCUT2D eigenvalue weighted by molar-refractivity contribution is 7.07. The van der Waals surface area contributed by atoms with E-state index in [1.807, 2.05) is 44.4 Å². The van der Waals surface area contributed by atoms with Crippen molar-refractivity contribution in [3.05, 3.63) is 50.1 Å². The summed E-state index contributed by atoms with van der Waals surface area (Å²) in [6.45, 7) is 6.44. The molecule has 6 heteroatoms. The van der Waals surface area contributed by atoms with Crippen LogP contribution in [0.25, 0.3) is 0 Å². The van der Waals surface area contributed by atoms with Crippen LogP contribution in [0.5, 0.6) is 5.75 Å². The number of rotatable bonds is 7. The second-order valence-corrected chi connectivity index (χ2v) is 6.75. The van der Waals surface area contributed by atoms with Crippen molar-refractivity contribution in [1.29, 1.82) is 0 Å². The minimum atomic E-state index is -0.127. The van der Waals surface area contributed by atoms with Crippen LogP contribution in [0.3, 0.4) is 0 Å². The van der Waals surface area contributed by atoms with Crippen LogP contribution in [0.2, 0.25) is 0 Å². The van der Waals surface area contributed by atoms with E-state index in [-0.39, 0.29) is 16.8 Å². The number of nitrogens with one attached hydrogen (secondary N) is 1. The molecule has 0 aliphatic rings. The highest BCUT2D eigenvalue weighted by Gasteiger charge is 2.14. The molecule has 0 fully saturated rings. The molecule has 24 heavy (non-hydrogen) atoms. The molecule has 0 aliphatic carbocycles. The predicted molar refractivity (Wildman–Crippen MR) is 96.8 cm³/mol. The number of hydrogen-bond donors (Lipinski definition) is 1. The second-order valence-electron chi connectivity index (χ2n) is 5.93. The van der Waals surface area contributed by atoms with Crippen LogP contribution in [-0.2, 0) is 11.3 Å². The van der Waals surface area contributed by atoms with Gasteiger partial charge in [0.15, 0.2) is 0 Å². The van der Waals surface area contributed by atoms with E-state index in [0.29, 0.717) is 19.4 Å². The summed E-state index contributed by atoms with van der Waals surface area (Å²) in [6.07, 6.45) is 1.03. The van der Waals surface area contributed by atoms with Crippen molar-refractivity contribution in [1.82, 2.24) is 9.88 Å². The van der Waals surface area contributed by atoms with Crippen LogP contribution in [0, 0.1) is 13.8 Å². The molecule has 0 bridgehead atoms. The molecule has 1 aromatic heterocycles. The number of carbonyl (C=O) groups excluding carboxylic acids is 1. The summed E-state index contributed by atoms with van der Waals surface area (Å²) in [7, 11) is 1.63. The molecule has 130 valence electrons. The number of aromatic nitrogens is 1. The summed E-state index contributed by atoms with van der Waals surface area (Å²) >= 11 is 1.20. The van der Waals surface area contributed by atoms with Crippen LogP contribution >= 0.6 is 11.3 Å². The predicted octanol–water partition coefficient (Wildman–Crippen LogP) is 3.19. The number of carbonyl (C=O) groups is 1. The average molecular weight is 348 g/mol. The molecule has 2 aromatic rings. The van der Waals surface area contributed by atoms with E-state index in [1.165, 1.54) is 11.3 Å². The maximum atomic E-state index is 12.2. The van der Waals surface area contributed by atoms with Crippen molar-refractivity contribution in [3.63, 3.8) is 0 Å². The van der Waals surface area contributed by atoms with E-state index in [2.05, 4.69) is 5.32 Å². The van der Waals surface area contributed by atoms with Gasteiger partial charge in [-0.25, -0.2) is 0 Å². The number of benzene rings is 1. The molecule has 5 nitrogen and oxygen atoms in total. The lowest BCUT2D eigenvalue weighted by molar-refractivity contribution is -0.121. The summed E-state index contributed by atoms with van der Waals surface area (Å²) in [5.74, 6) is 0.751. The third-order valence-corrected chi connectivity index (χ3v) is 4.87. The Labute approximate surface area is 146 Å². The smallest absolute Gasteiger partial charge is 0.307 e. The van der Waals surface area contributed by atoms with E-state index >= 15 is 0 Å². The Balaban J connectivity index is 1.90. The number of hydrogen-bond acceptors (Lipinski definition) is 4. The standard InChI is InChI=1S/C18H24N2O3S/c1-12-7-8-16(23-4)15(10-12)14(3)19-17(21)6-5-9-20-13(2)11-24-18(20)22/h7-8,10-11,14H,5-6,9H2,1-4H3,(H,19,21)/t14-/m1/s1. The first-order chi connectivity index (χ1) is 11.4. The zero-order valence-corrected chi connectivity index (χ0v) is 15.4. The van der Waals surface area contributed by atoms with Gasteiger partial charge in [0, 0.05) is 29.6 Å². The lowest BCUT2D eigenvalue weighted by Crippen LogP contribution is -2.27. The second kappa shape index (κ2) is 8.15. The van der Waals surface area contributed by atoms with E-state index in [4.69, 9.17) is 4.74 Å². The number of nitrogens with zero attached hydrogens (tertiary/aromatic N) is 1. The molecule has 1 amide bonds. The highest BCUT2D eigenvalue weighted by atomic mass is 32.1. The fourth-order valence-corrected chi connectivity index (χ4v) is 3.42. The van der Waals surface area contributed by atoms with Gasteiger partial charge in [0.25, 0.3) is 0 Å². The van der Waals surface area contributed by atoms with Gasteiger partial charge in [-0.3, -0.25) is 9.59 Å². The topological polar surface area (TPSA) is 60.3 Å². The molecule has 1 atom stereocenters. The Kier molecular flexibility index (Phi) is 6.20. The van der Waals surface area contributed by atoms with Crippen LogP contribution in [-0.4, -0.2) is 17.6 Å². The van der Waals surface area contributed by atoms with E-state index < -0.39 is 0 Å². The normalized spacial score (nSPS) is 12.0. The quantitative estimate of drug-likeness (QED) is 0.836. The third-order valence-electron chi connectivity index (χ3n) is 3.99. The molecule has 0 saturated heterocycles. The number of thiazole rings is 1. The monoisotopic (exact) mass is 348 g/mol. The minimum absolute atomic E-state index is 0.0213. The van der Waals surface area contributed by atoms with Crippen LogP contribution < -0.4 is 14.9 Å². The van der Waals surface area contributed by atoms with E-state index in [0.717, 1.165) is 22.6 Å². The average Bonchev–Trinajstić information content (AvgIpc) is 2.86. The number of amides is 1. The van der Waals surface area contributed by atoms with Crippen molar-refractivity contribution >= 4 is 17.2 Å². The molecular formula is C18H24N2O3S. The molecule has 0 spiro atoms. The van der Waals surface area contributed by atoms with Crippen LogP contribution in [0.4, 0.5) is 0 Å². The van der Waals surface area contributed by atoms with Gasteiger partial charge in [-0.1, -0.05) is 29.0 Å². The molecular weight excluding hydrogens is 324 g/mol. The van der Waals surface area contributed by atoms with E-state index in [9.17, 15) is 9.59 Å². The third kappa shape index (κ3) is 4.47. The fraction of sp³-hybridized carbons (Fsp3) is 0.444. The molecule has 1 aromatic carbocycles. The van der Waals surface area contributed by atoms with Gasteiger partial charge in [0.1, 0.15) is 5.75 Å². The fourth-order valence-electron chi connectivity index (χ4n) is 2.66. The molecule has 2 rings (SSSR count). The maximum Gasteiger partial charge on any atom is 0.307 e. The van der Waals surface area contributed by atoms with Gasteiger partial charge in [-0.05, 0) is 33.3 Å². The van der Waals surface area contributed by atoms with Crippen LogP contribution in [0.15, 0.2) is 28.4 Å². The molecule has 0 unspecified atom stereocenters. The molecule has 0 radical (unpaired) electrons. The van der Waals surface area contributed by atoms with Gasteiger partial charge < -0.3 is 14.6 Å². The summed E-state index contributed by atoms with van der Waals surface area (Å²) < 4.78 is 7.08. The molecule has 1 heterocycles. The summed E-state index contributed by atoms with van der Waals surface area (Å²) in [4.78, 5) is 23.9. The van der Waals surface area contributed by atoms with Crippen molar-refractivity contribution in [2.75, 3.05) is 7.11 Å². The molecule has 0 saturated carbocycles. The van der Waals surface area contributed by atoms with Gasteiger partial charge in [-0.15, -0.1) is 0 Å². The van der Waals surface area contributed by atoms with Crippen molar-refractivity contribution in [2.45, 2.75) is 46.2 Å². The number of aryl methyl sites for hydroxylation is 2.